The number of carbonyl (C=O) groups is 1. The van der Waals surface area contributed by atoms with Gasteiger partial charge in [-0.3, -0.25) is 4.79 Å². The van der Waals surface area contributed by atoms with Crippen LogP contribution in [0.3, 0.4) is 0 Å². The molecule has 0 spiro atoms. The first-order valence-electron chi connectivity index (χ1n) is 8.02. The summed E-state index contributed by atoms with van der Waals surface area (Å²) in [6, 6.07) is 12.8. The normalized spacial score (nSPS) is 14.4. The third-order valence-electron chi connectivity index (χ3n) is 4.95. The first-order chi connectivity index (χ1) is 10.5. The zero-order chi connectivity index (χ0) is 15.9. The molecule has 0 aliphatic heterocycles. The first-order valence-corrected chi connectivity index (χ1v) is 8.02. The molecule has 0 fully saturated rings. The zero-order valence-electron chi connectivity index (χ0n) is 13.8. The lowest BCUT2D eigenvalue weighted by Crippen LogP contribution is -2.22. The minimum Gasteiger partial charge on any atom is -0.372 e. The van der Waals surface area contributed by atoms with Crippen molar-refractivity contribution in [2.45, 2.75) is 33.1 Å². The van der Waals surface area contributed by atoms with Crippen molar-refractivity contribution < 1.29 is 4.79 Å². The first kappa shape index (κ1) is 14.8. The Kier molecular flexibility index (Phi) is 3.56. The molecule has 1 aliphatic carbocycles. The number of nitrogens with zero attached hydrogens (tertiary/aromatic N) is 1. The van der Waals surface area contributed by atoms with Gasteiger partial charge >= 0.3 is 0 Å². The second-order valence-corrected chi connectivity index (χ2v) is 6.45. The van der Waals surface area contributed by atoms with E-state index in [1.807, 2.05) is 12.1 Å². The molecule has 2 heteroatoms. The Morgan fingerprint density at radius 2 is 1.55 bits per heavy atom. The number of aldehydes is 1. The predicted molar refractivity (Wildman–Crippen MR) is 93.0 cm³/mol. The van der Waals surface area contributed by atoms with Crippen LogP contribution < -0.4 is 4.90 Å². The van der Waals surface area contributed by atoms with Crippen LogP contribution >= 0.6 is 0 Å². The molecule has 0 unspecified atom stereocenters. The molecule has 0 aromatic heterocycles. The molecular formula is C20H23NO. The molecule has 0 heterocycles. The number of carbonyl (C=O) groups excluding carboxylic acids is 1. The number of hydrogen-bond donors (Lipinski definition) is 0. The number of hydrogen-bond acceptors (Lipinski definition) is 2. The van der Waals surface area contributed by atoms with Crippen LogP contribution in [0.15, 0.2) is 36.4 Å². The van der Waals surface area contributed by atoms with Crippen molar-refractivity contribution in [2.75, 3.05) is 18.0 Å². The largest absolute Gasteiger partial charge is 0.372 e. The van der Waals surface area contributed by atoms with Gasteiger partial charge in [0.1, 0.15) is 6.29 Å². The van der Waals surface area contributed by atoms with E-state index in [2.05, 4.69) is 56.9 Å². The van der Waals surface area contributed by atoms with Crippen molar-refractivity contribution in [1.29, 1.82) is 0 Å². The van der Waals surface area contributed by atoms with Crippen LogP contribution in [-0.4, -0.2) is 19.4 Å². The maximum atomic E-state index is 11.1. The van der Waals surface area contributed by atoms with Crippen molar-refractivity contribution in [3.63, 3.8) is 0 Å². The van der Waals surface area contributed by atoms with E-state index < -0.39 is 0 Å². The lowest BCUT2D eigenvalue weighted by molar-refractivity contribution is 0.112. The minimum atomic E-state index is -0.0626. The van der Waals surface area contributed by atoms with Crippen molar-refractivity contribution in [1.82, 2.24) is 0 Å². The number of fused-ring (bicyclic) bond motifs is 3. The molecule has 2 aromatic rings. The van der Waals surface area contributed by atoms with Gasteiger partial charge in [0.25, 0.3) is 0 Å². The van der Waals surface area contributed by atoms with E-state index in [0.29, 0.717) is 0 Å². The minimum absolute atomic E-state index is 0.0626. The average molecular weight is 293 g/mol. The summed E-state index contributed by atoms with van der Waals surface area (Å²) in [5.41, 5.74) is 7.14. The van der Waals surface area contributed by atoms with Gasteiger partial charge in [0.05, 0.1) is 0 Å². The maximum absolute atomic E-state index is 11.1. The van der Waals surface area contributed by atoms with Crippen LogP contribution in [0.2, 0.25) is 0 Å². The summed E-state index contributed by atoms with van der Waals surface area (Å²) < 4.78 is 0. The van der Waals surface area contributed by atoms with Crippen LogP contribution in [-0.2, 0) is 5.41 Å². The smallest absolute Gasteiger partial charge is 0.150 e. The molecule has 0 saturated carbocycles. The summed E-state index contributed by atoms with van der Waals surface area (Å²) in [6.45, 7) is 10.9. The summed E-state index contributed by atoms with van der Waals surface area (Å²) in [5.74, 6) is 0. The summed E-state index contributed by atoms with van der Waals surface area (Å²) in [5, 5.41) is 0. The van der Waals surface area contributed by atoms with Gasteiger partial charge < -0.3 is 4.90 Å². The Labute approximate surface area is 132 Å². The molecule has 2 nitrogen and oxygen atoms in total. The second kappa shape index (κ2) is 5.28. The van der Waals surface area contributed by atoms with Gasteiger partial charge in [-0.05, 0) is 54.3 Å². The molecule has 0 radical (unpaired) electrons. The number of rotatable bonds is 4. The molecule has 114 valence electrons. The zero-order valence-corrected chi connectivity index (χ0v) is 13.8. The second-order valence-electron chi connectivity index (χ2n) is 6.45. The van der Waals surface area contributed by atoms with Crippen LogP contribution in [0.25, 0.3) is 11.1 Å². The standard InChI is InChI=1S/C20H23NO/c1-5-21(6-2)15-8-10-17-16-9-7-14(13-22)11-18(16)20(3,4)19(17)12-15/h7-13H,5-6H2,1-4H3. The molecule has 0 N–H and O–H groups in total. The van der Waals surface area contributed by atoms with Gasteiger partial charge in [0, 0.05) is 29.8 Å². The van der Waals surface area contributed by atoms with Gasteiger partial charge in [0.15, 0.2) is 0 Å². The summed E-state index contributed by atoms with van der Waals surface area (Å²) >= 11 is 0. The Morgan fingerprint density at radius 3 is 2.14 bits per heavy atom. The quantitative estimate of drug-likeness (QED) is 0.765. The maximum Gasteiger partial charge on any atom is 0.150 e. The molecular weight excluding hydrogens is 270 g/mol. The SMILES string of the molecule is CCN(CC)c1ccc2c(c1)C(C)(C)c1cc(C=O)ccc1-2. The van der Waals surface area contributed by atoms with Crippen molar-refractivity contribution in [2.24, 2.45) is 0 Å². The highest BCUT2D eigenvalue weighted by atomic mass is 16.1. The van der Waals surface area contributed by atoms with Crippen molar-refractivity contribution in [3.05, 3.63) is 53.1 Å². The lowest BCUT2D eigenvalue weighted by atomic mass is 9.82. The van der Waals surface area contributed by atoms with E-state index in [9.17, 15) is 4.79 Å². The fourth-order valence-electron chi connectivity index (χ4n) is 3.60. The van der Waals surface area contributed by atoms with E-state index in [1.54, 1.807) is 0 Å². The van der Waals surface area contributed by atoms with Gasteiger partial charge in [-0.15, -0.1) is 0 Å². The molecule has 0 saturated heterocycles. The van der Waals surface area contributed by atoms with Crippen molar-refractivity contribution in [3.8, 4) is 11.1 Å². The fourth-order valence-corrected chi connectivity index (χ4v) is 3.60. The Hall–Kier alpha value is -2.09. The summed E-state index contributed by atoms with van der Waals surface area (Å²) in [7, 11) is 0. The predicted octanol–water partition coefficient (Wildman–Crippen LogP) is 4.65. The van der Waals surface area contributed by atoms with Crippen LogP contribution in [0, 0.1) is 0 Å². The molecule has 22 heavy (non-hydrogen) atoms. The van der Waals surface area contributed by atoms with Crippen LogP contribution in [0.4, 0.5) is 5.69 Å². The van der Waals surface area contributed by atoms with Crippen LogP contribution in [0.5, 0.6) is 0 Å². The van der Waals surface area contributed by atoms with E-state index in [-0.39, 0.29) is 5.41 Å². The highest BCUT2D eigenvalue weighted by molar-refractivity contribution is 5.86. The monoisotopic (exact) mass is 293 g/mol. The van der Waals surface area contributed by atoms with E-state index in [1.165, 1.54) is 27.9 Å². The average Bonchev–Trinajstić information content (AvgIpc) is 2.76. The summed E-state index contributed by atoms with van der Waals surface area (Å²) in [4.78, 5) is 13.5. The highest BCUT2D eigenvalue weighted by Gasteiger charge is 2.35. The third-order valence-corrected chi connectivity index (χ3v) is 4.95. The lowest BCUT2D eigenvalue weighted by Gasteiger charge is -2.25. The molecule has 0 bridgehead atoms. The Balaban J connectivity index is 2.17. The van der Waals surface area contributed by atoms with Gasteiger partial charge in [-0.2, -0.15) is 0 Å². The third kappa shape index (κ3) is 2.06. The number of anilines is 1. The molecule has 3 rings (SSSR count). The fraction of sp³-hybridized carbons (Fsp3) is 0.350. The Bertz CT molecular complexity index is 726. The Morgan fingerprint density at radius 1 is 0.955 bits per heavy atom. The van der Waals surface area contributed by atoms with Gasteiger partial charge in [-0.1, -0.05) is 32.0 Å². The van der Waals surface area contributed by atoms with Crippen LogP contribution in [0.1, 0.15) is 49.2 Å². The number of benzene rings is 2. The van der Waals surface area contributed by atoms with E-state index in [0.717, 1.165) is 24.9 Å². The summed E-state index contributed by atoms with van der Waals surface area (Å²) in [6.07, 6.45) is 0.931. The molecule has 0 amide bonds. The molecule has 2 aromatic carbocycles. The highest BCUT2D eigenvalue weighted by Crippen LogP contribution is 2.49. The van der Waals surface area contributed by atoms with E-state index >= 15 is 0 Å². The topological polar surface area (TPSA) is 20.3 Å². The van der Waals surface area contributed by atoms with Crippen molar-refractivity contribution >= 4 is 12.0 Å². The van der Waals surface area contributed by atoms with E-state index in [4.69, 9.17) is 0 Å². The molecule has 0 atom stereocenters. The van der Waals surface area contributed by atoms with Gasteiger partial charge in [-0.25, -0.2) is 0 Å². The van der Waals surface area contributed by atoms with Gasteiger partial charge in [0.2, 0.25) is 0 Å². The molecule has 1 aliphatic rings.